The lowest BCUT2D eigenvalue weighted by Gasteiger charge is -2.17. The molecule has 0 bridgehead atoms. The number of benzene rings is 1. The van der Waals surface area contributed by atoms with Gasteiger partial charge in [0, 0.05) is 6.04 Å². The Hall–Kier alpha value is -0.860. The van der Waals surface area contributed by atoms with Gasteiger partial charge < -0.3 is 0 Å². The van der Waals surface area contributed by atoms with Crippen LogP contribution in [0, 0.1) is 17.8 Å². The molecule has 2 nitrogen and oxygen atoms in total. The topological polar surface area (TPSA) is 38.0 Å². The van der Waals surface area contributed by atoms with Crippen molar-refractivity contribution < 1.29 is 0 Å². The first-order valence-corrected chi connectivity index (χ1v) is 8.25. The van der Waals surface area contributed by atoms with Crippen LogP contribution in [-0.4, -0.2) is 6.04 Å². The fourth-order valence-corrected chi connectivity index (χ4v) is 4.24. The first-order chi connectivity index (χ1) is 9.70. The van der Waals surface area contributed by atoms with Gasteiger partial charge in [-0.3, -0.25) is 11.3 Å². The van der Waals surface area contributed by atoms with Crippen LogP contribution in [0.25, 0.3) is 0 Å². The van der Waals surface area contributed by atoms with E-state index in [-0.39, 0.29) is 0 Å². The quantitative estimate of drug-likeness (QED) is 0.634. The van der Waals surface area contributed by atoms with E-state index in [0.29, 0.717) is 12.0 Å². The zero-order chi connectivity index (χ0) is 14.1. The Balaban J connectivity index is 1.63. The molecule has 0 heterocycles. The number of rotatable bonds is 5. The van der Waals surface area contributed by atoms with Crippen LogP contribution >= 0.6 is 0 Å². The second kappa shape index (κ2) is 5.87. The molecule has 2 fully saturated rings. The highest BCUT2D eigenvalue weighted by Crippen LogP contribution is 2.57. The summed E-state index contributed by atoms with van der Waals surface area (Å²) < 4.78 is 0. The third-order valence-electron chi connectivity index (χ3n) is 5.50. The largest absolute Gasteiger partial charge is 0.271 e. The van der Waals surface area contributed by atoms with Crippen molar-refractivity contribution >= 4 is 0 Å². The molecule has 3 N–H and O–H groups in total. The van der Waals surface area contributed by atoms with E-state index < -0.39 is 0 Å². The van der Waals surface area contributed by atoms with Crippen LogP contribution in [0.4, 0.5) is 0 Å². The van der Waals surface area contributed by atoms with Crippen LogP contribution in [0.5, 0.6) is 0 Å². The van der Waals surface area contributed by atoms with Gasteiger partial charge in [-0.05, 0) is 54.1 Å². The van der Waals surface area contributed by atoms with Crippen molar-refractivity contribution in [3.63, 3.8) is 0 Å². The van der Waals surface area contributed by atoms with Crippen LogP contribution in [0.1, 0.15) is 56.6 Å². The molecular formula is C18H28N2. The number of hydrazine groups is 1. The molecule has 3 unspecified atom stereocenters. The Morgan fingerprint density at radius 1 is 1.10 bits per heavy atom. The van der Waals surface area contributed by atoms with Gasteiger partial charge >= 0.3 is 0 Å². The van der Waals surface area contributed by atoms with Gasteiger partial charge in [0.25, 0.3) is 0 Å². The molecule has 2 aliphatic carbocycles. The van der Waals surface area contributed by atoms with Gasteiger partial charge in [-0.25, -0.2) is 0 Å². The monoisotopic (exact) mass is 272 g/mol. The van der Waals surface area contributed by atoms with E-state index in [4.69, 9.17) is 5.84 Å². The van der Waals surface area contributed by atoms with Crippen molar-refractivity contribution in [3.8, 4) is 0 Å². The molecule has 0 spiro atoms. The van der Waals surface area contributed by atoms with Crippen molar-refractivity contribution in [1.82, 2.24) is 5.43 Å². The normalized spacial score (nSPS) is 30.1. The van der Waals surface area contributed by atoms with E-state index in [1.165, 1.54) is 36.8 Å². The van der Waals surface area contributed by atoms with Crippen LogP contribution in [-0.2, 0) is 6.42 Å². The van der Waals surface area contributed by atoms with Gasteiger partial charge in [-0.15, -0.1) is 0 Å². The second-order valence-corrected chi connectivity index (χ2v) is 7.06. The molecule has 0 amide bonds. The summed E-state index contributed by atoms with van der Waals surface area (Å²) in [6.45, 7) is 4.49. The Bertz CT molecular complexity index is 425. The van der Waals surface area contributed by atoms with E-state index in [1.54, 1.807) is 0 Å². The standard InChI is InChI=1S/C18H28N2/c1-12(2)14-9-7-13(8-10-14)11-17(20-19)18-15-5-3-4-6-16(15)18/h7-10,12,15-18,20H,3-6,11,19H2,1-2H3. The number of nitrogens with one attached hydrogen (secondary N) is 1. The van der Waals surface area contributed by atoms with Crippen LogP contribution in [0.2, 0.25) is 0 Å². The lowest BCUT2D eigenvalue weighted by atomic mass is 9.97. The van der Waals surface area contributed by atoms with Gasteiger partial charge in [0.1, 0.15) is 0 Å². The van der Waals surface area contributed by atoms with E-state index in [0.717, 1.165) is 24.2 Å². The zero-order valence-corrected chi connectivity index (χ0v) is 12.8. The van der Waals surface area contributed by atoms with Crippen LogP contribution in [0.3, 0.4) is 0 Å². The van der Waals surface area contributed by atoms with E-state index >= 15 is 0 Å². The molecule has 2 saturated carbocycles. The number of hydrogen-bond donors (Lipinski definition) is 2. The average Bonchev–Trinajstić information content (AvgIpc) is 3.19. The summed E-state index contributed by atoms with van der Waals surface area (Å²) in [6.07, 6.45) is 6.79. The fourth-order valence-electron chi connectivity index (χ4n) is 4.24. The summed E-state index contributed by atoms with van der Waals surface area (Å²) in [5.41, 5.74) is 5.95. The highest BCUT2D eigenvalue weighted by molar-refractivity contribution is 5.26. The van der Waals surface area contributed by atoms with Gasteiger partial charge in [-0.1, -0.05) is 51.0 Å². The predicted octanol–water partition coefficient (Wildman–Crippen LogP) is 3.62. The maximum atomic E-state index is 5.84. The summed E-state index contributed by atoms with van der Waals surface area (Å²) in [6, 6.07) is 9.58. The minimum atomic E-state index is 0.466. The first kappa shape index (κ1) is 14.1. The maximum absolute atomic E-state index is 5.84. The molecule has 3 rings (SSSR count). The molecule has 0 aliphatic heterocycles. The molecule has 0 radical (unpaired) electrons. The summed E-state index contributed by atoms with van der Waals surface area (Å²) in [5.74, 6) is 9.20. The molecular weight excluding hydrogens is 244 g/mol. The molecule has 110 valence electrons. The first-order valence-electron chi connectivity index (χ1n) is 8.25. The summed E-state index contributed by atoms with van der Waals surface area (Å²) in [5, 5.41) is 0. The van der Waals surface area contributed by atoms with Crippen molar-refractivity contribution in [3.05, 3.63) is 35.4 Å². The van der Waals surface area contributed by atoms with Crippen LogP contribution in [0.15, 0.2) is 24.3 Å². The number of hydrogen-bond acceptors (Lipinski definition) is 2. The Kier molecular flexibility index (Phi) is 4.13. The Morgan fingerprint density at radius 3 is 2.20 bits per heavy atom. The fraction of sp³-hybridized carbons (Fsp3) is 0.667. The smallest absolute Gasteiger partial charge is 0.0284 e. The van der Waals surface area contributed by atoms with Crippen molar-refractivity contribution in [1.29, 1.82) is 0 Å². The Morgan fingerprint density at radius 2 is 1.70 bits per heavy atom. The molecule has 0 aromatic heterocycles. The number of nitrogens with two attached hydrogens (primary N) is 1. The van der Waals surface area contributed by atoms with Gasteiger partial charge in [0.15, 0.2) is 0 Å². The molecule has 2 aliphatic rings. The summed E-state index contributed by atoms with van der Waals surface area (Å²) in [4.78, 5) is 0. The molecule has 1 aromatic rings. The second-order valence-electron chi connectivity index (χ2n) is 7.06. The number of fused-ring (bicyclic) bond motifs is 1. The van der Waals surface area contributed by atoms with Gasteiger partial charge in [0.2, 0.25) is 0 Å². The SMILES string of the molecule is CC(C)c1ccc(CC(NN)C2C3CCCCC32)cc1. The minimum absolute atomic E-state index is 0.466. The molecule has 3 atom stereocenters. The molecule has 1 aromatic carbocycles. The van der Waals surface area contributed by atoms with Crippen LogP contribution < -0.4 is 11.3 Å². The van der Waals surface area contributed by atoms with Gasteiger partial charge in [0.05, 0.1) is 0 Å². The lowest BCUT2D eigenvalue weighted by molar-refractivity contribution is 0.437. The molecule has 20 heavy (non-hydrogen) atoms. The van der Waals surface area contributed by atoms with Gasteiger partial charge in [-0.2, -0.15) is 0 Å². The molecule has 2 heteroatoms. The molecule has 0 saturated heterocycles. The highest BCUT2D eigenvalue weighted by Gasteiger charge is 2.53. The third-order valence-corrected chi connectivity index (χ3v) is 5.50. The van der Waals surface area contributed by atoms with E-state index in [9.17, 15) is 0 Å². The summed E-state index contributed by atoms with van der Waals surface area (Å²) in [7, 11) is 0. The van der Waals surface area contributed by atoms with Crippen molar-refractivity contribution in [2.75, 3.05) is 0 Å². The van der Waals surface area contributed by atoms with E-state index in [2.05, 4.69) is 43.5 Å². The minimum Gasteiger partial charge on any atom is -0.271 e. The lowest BCUT2D eigenvalue weighted by Crippen LogP contribution is -2.39. The highest BCUT2D eigenvalue weighted by atomic mass is 15.2. The third kappa shape index (κ3) is 2.77. The average molecular weight is 272 g/mol. The van der Waals surface area contributed by atoms with E-state index in [1.807, 2.05) is 0 Å². The Labute approximate surface area is 123 Å². The maximum Gasteiger partial charge on any atom is 0.0284 e. The van der Waals surface area contributed by atoms with Crippen molar-refractivity contribution in [2.45, 2.75) is 57.9 Å². The summed E-state index contributed by atoms with van der Waals surface area (Å²) >= 11 is 0. The zero-order valence-electron chi connectivity index (χ0n) is 12.8. The predicted molar refractivity (Wildman–Crippen MR) is 84.3 cm³/mol. The van der Waals surface area contributed by atoms with Crippen molar-refractivity contribution in [2.24, 2.45) is 23.6 Å².